The number of halogens is 2. The lowest BCUT2D eigenvalue weighted by Crippen LogP contribution is -2.41. The highest BCUT2D eigenvalue weighted by molar-refractivity contribution is 6.62. The van der Waals surface area contributed by atoms with E-state index in [0.29, 0.717) is 5.46 Å². The molecule has 1 aromatic heterocycles. The molecule has 2 aliphatic heterocycles. The minimum atomic E-state index is -2.17. The van der Waals surface area contributed by atoms with Crippen LogP contribution in [0.25, 0.3) is 0 Å². The van der Waals surface area contributed by atoms with Gasteiger partial charge in [0.05, 0.1) is 38.2 Å². The molecule has 0 atom stereocenters. The van der Waals surface area contributed by atoms with Crippen LogP contribution in [0.4, 0.5) is 4.39 Å². The summed E-state index contributed by atoms with van der Waals surface area (Å²) in [6.45, 7) is 5.07. The van der Waals surface area contributed by atoms with E-state index < -0.39 is 36.5 Å². The van der Waals surface area contributed by atoms with Crippen LogP contribution in [0.1, 0.15) is 52.1 Å². The first-order valence-electron chi connectivity index (χ1n) is 9.96. The maximum Gasteiger partial charge on any atom is 0.494 e. The van der Waals surface area contributed by atoms with Gasteiger partial charge in [0, 0.05) is 16.8 Å². The number of pyridine rings is 1. The molecule has 5 nitrogen and oxygen atoms in total. The second-order valence-electron chi connectivity index (χ2n) is 7.95. The van der Waals surface area contributed by atoms with Gasteiger partial charge in [0.15, 0.2) is 0 Å². The van der Waals surface area contributed by atoms with Gasteiger partial charge in [-0.1, -0.05) is 11.6 Å². The maximum absolute atomic E-state index is 15.0. The van der Waals surface area contributed by atoms with Crippen LogP contribution in [-0.4, -0.2) is 34.1 Å². The molecule has 28 heavy (non-hydrogen) atoms. The zero-order valence-electron chi connectivity index (χ0n) is 18.0. The van der Waals surface area contributed by atoms with Crippen LogP contribution in [-0.2, 0) is 22.4 Å². The monoisotopic (exact) mass is 404 g/mol. The molecule has 2 aromatic rings. The third kappa shape index (κ3) is 3.11. The number of benzene rings is 1. The molecular weight excluding hydrogens is 381 g/mol. The molecule has 0 N–H and O–H groups in total. The molecule has 1 saturated heterocycles. The van der Waals surface area contributed by atoms with Crippen LogP contribution < -0.4 is 5.46 Å². The maximum atomic E-state index is 15.0. The van der Waals surface area contributed by atoms with Crippen molar-refractivity contribution in [1.82, 2.24) is 9.88 Å². The quantitative estimate of drug-likeness (QED) is 0.736. The van der Waals surface area contributed by atoms with Crippen molar-refractivity contribution in [2.75, 3.05) is 0 Å². The summed E-state index contributed by atoms with van der Waals surface area (Å²) < 4.78 is 43.6. The molecule has 4 rings (SSSR count). The van der Waals surface area contributed by atoms with Gasteiger partial charge in [-0.2, -0.15) is 0 Å². The molecule has 0 unspecified atom stereocenters. The van der Waals surface area contributed by atoms with Gasteiger partial charge in [0.25, 0.3) is 5.91 Å². The highest BCUT2D eigenvalue weighted by Gasteiger charge is 2.52. The number of aromatic nitrogens is 1. The normalized spacial score (nSPS) is 22.9. The number of rotatable bonds is 3. The standard InChI is InChI=1S/C20H21BClFN2O3/c1-19(2)20(3,4)28-21(27-19)12-8-15(22)14(16(23)9-12)10-25-11-17-13(18(25)26)6-5-7-24-17/h5-9H,10-11H2,1-4H3/i11D2. The average molecular weight is 405 g/mol. The first-order chi connectivity index (χ1) is 13.8. The summed E-state index contributed by atoms with van der Waals surface area (Å²) in [5.41, 5.74) is -0.567. The highest BCUT2D eigenvalue weighted by atomic mass is 35.5. The second kappa shape index (κ2) is 6.54. The Labute approximate surface area is 171 Å². The van der Waals surface area contributed by atoms with Gasteiger partial charge < -0.3 is 14.2 Å². The Balaban J connectivity index is 1.64. The van der Waals surface area contributed by atoms with Gasteiger partial charge in [-0.15, -0.1) is 0 Å². The Hall–Kier alpha value is -1.96. The molecule has 0 spiro atoms. The lowest BCUT2D eigenvalue weighted by molar-refractivity contribution is 0.00578. The summed E-state index contributed by atoms with van der Waals surface area (Å²) >= 11 is 6.36. The number of hydrogen-bond donors (Lipinski definition) is 0. The Morgan fingerprint density at radius 1 is 1.32 bits per heavy atom. The third-order valence-corrected chi connectivity index (χ3v) is 5.87. The van der Waals surface area contributed by atoms with E-state index in [1.807, 2.05) is 27.7 Å². The number of amides is 1. The van der Waals surface area contributed by atoms with Gasteiger partial charge in [-0.3, -0.25) is 9.78 Å². The number of carbonyl (C=O) groups excluding carboxylic acids is 1. The summed E-state index contributed by atoms with van der Waals surface area (Å²) in [7, 11) is -0.788. The first kappa shape index (κ1) is 17.0. The Kier molecular flexibility index (Phi) is 3.96. The average Bonchev–Trinajstić information content (AvgIpc) is 2.98. The molecule has 2 aliphatic rings. The van der Waals surface area contributed by atoms with E-state index in [1.165, 1.54) is 24.4 Å². The highest BCUT2D eigenvalue weighted by Crippen LogP contribution is 2.37. The van der Waals surface area contributed by atoms with Crippen LogP contribution in [0.5, 0.6) is 0 Å². The Morgan fingerprint density at radius 3 is 2.61 bits per heavy atom. The molecule has 1 amide bonds. The molecule has 0 bridgehead atoms. The van der Waals surface area contributed by atoms with Crippen LogP contribution in [0, 0.1) is 5.82 Å². The summed E-state index contributed by atoms with van der Waals surface area (Å²) in [5, 5.41) is 0.0622. The van der Waals surface area contributed by atoms with E-state index in [1.54, 1.807) is 6.07 Å². The number of hydrogen-bond acceptors (Lipinski definition) is 4. The summed E-state index contributed by atoms with van der Waals surface area (Å²) in [6, 6.07) is 5.85. The van der Waals surface area contributed by atoms with Crippen molar-refractivity contribution in [3.63, 3.8) is 0 Å². The van der Waals surface area contributed by atoms with Crippen LogP contribution in [0.2, 0.25) is 5.02 Å². The van der Waals surface area contributed by atoms with E-state index >= 15 is 4.39 Å². The fraction of sp³-hybridized carbons (Fsp3) is 0.400. The van der Waals surface area contributed by atoms with Gasteiger partial charge in [-0.25, -0.2) is 4.39 Å². The van der Waals surface area contributed by atoms with Crippen LogP contribution in [0.15, 0.2) is 30.5 Å². The third-order valence-electron chi connectivity index (χ3n) is 5.53. The Morgan fingerprint density at radius 2 is 2.00 bits per heavy atom. The first-order valence-corrected chi connectivity index (χ1v) is 9.34. The molecule has 1 aromatic carbocycles. The van der Waals surface area contributed by atoms with Crippen molar-refractivity contribution in [2.24, 2.45) is 0 Å². The Bertz CT molecular complexity index is 1010. The van der Waals surface area contributed by atoms with Gasteiger partial charge >= 0.3 is 7.12 Å². The van der Waals surface area contributed by atoms with E-state index in [9.17, 15) is 4.79 Å². The van der Waals surface area contributed by atoms with Crippen molar-refractivity contribution in [3.8, 4) is 0 Å². The van der Waals surface area contributed by atoms with Crippen molar-refractivity contribution < 1.29 is 21.2 Å². The predicted molar refractivity (Wildman–Crippen MR) is 105 cm³/mol. The fourth-order valence-electron chi connectivity index (χ4n) is 3.15. The van der Waals surface area contributed by atoms with E-state index in [4.69, 9.17) is 23.7 Å². The molecule has 0 radical (unpaired) electrons. The molecule has 1 fully saturated rings. The minimum absolute atomic E-state index is 0.0142. The minimum Gasteiger partial charge on any atom is -0.399 e. The van der Waals surface area contributed by atoms with Gasteiger partial charge in [0.2, 0.25) is 0 Å². The number of fused-ring (bicyclic) bond motifs is 1. The van der Waals surface area contributed by atoms with E-state index in [0.717, 1.165) is 4.90 Å². The van der Waals surface area contributed by atoms with Gasteiger partial charge in [-0.05, 0) is 57.4 Å². The van der Waals surface area contributed by atoms with Crippen molar-refractivity contribution in [1.29, 1.82) is 0 Å². The molecule has 0 saturated carbocycles. The number of nitrogens with zero attached hydrogens (tertiary/aromatic N) is 2. The zero-order valence-corrected chi connectivity index (χ0v) is 16.8. The van der Waals surface area contributed by atoms with Crippen molar-refractivity contribution in [2.45, 2.75) is 51.9 Å². The molecular formula is C20H21BClFN2O3. The van der Waals surface area contributed by atoms with E-state index in [-0.39, 0.29) is 28.4 Å². The smallest absolute Gasteiger partial charge is 0.399 e. The second-order valence-corrected chi connectivity index (χ2v) is 8.36. The molecule has 146 valence electrons. The number of carbonyl (C=O) groups is 1. The fourth-order valence-corrected chi connectivity index (χ4v) is 3.43. The van der Waals surface area contributed by atoms with Crippen LogP contribution >= 0.6 is 11.6 Å². The summed E-state index contributed by atoms with van der Waals surface area (Å²) in [5.74, 6) is -1.23. The summed E-state index contributed by atoms with van der Waals surface area (Å²) in [6.07, 6.45) is 1.42. The zero-order chi connectivity index (χ0) is 22.1. The summed E-state index contributed by atoms with van der Waals surface area (Å²) in [4.78, 5) is 17.6. The van der Waals surface area contributed by atoms with Crippen molar-refractivity contribution in [3.05, 3.63) is 58.1 Å². The molecule has 8 heteroatoms. The van der Waals surface area contributed by atoms with Gasteiger partial charge in [0.1, 0.15) is 5.82 Å². The van der Waals surface area contributed by atoms with Crippen LogP contribution in [0.3, 0.4) is 0 Å². The lowest BCUT2D eigenvalue weighted by atomic mass is 9.78. The van der Waals surface area contributed by atoms with Crippen molar-refractivity contribution >= 4 is 30.1 Å². The largest absolute Gasteiger partial charge is 0.494 e. The topological polar surface area (TPSA) is 51.7 Å². The van der Waals surface area contributed by atoms with E-state index in [2.05, 4.69) is 4.98 Å². The molecule has 3 heterocycles. The lowest BCUT2D eigenvalue weighted by Gasteiger charge is -2.32. The SMILES string of the molecule is [2H]C1([2H])c2ncccc2C(=O)N1Cc1c(F)cc(B2OC(C)(C)C(C)(C)O2)cc1Cl. The molecule has 0 aliphatic carbocycles. The predicted octanol–water partition coefficient (Wildman–Crippen LogP) is 3.33.